The average Bonchev–Trinajstić information content (AvgIpc) is 3.30. The summed E-state index contributed by atoms with van der Waals surface area (Å²) in [6, 6.07) is 10.8. The third-order valence-electron chi connectivity index (χ3n) is 5.77. The Labute approximate surface area is 207 Å². The minimum Gasteiger partial charge on any atom is -0.497 e. The van der Waals surface area contributed by atoms with Gasteiger partial charge in [0.25, 0.3) is 0 Å². The van der Waals surface area contributed by atoms with E-state index in [4.69, 9.17) is 9.47 Å². The van der Waals surface area contributed by atoms with Gasteiger partial charge in [-0.3, -0.25) is 9.89 Å². The molecule has 2 unspecified atom stereocenters. The Hall–Kier alpha value is -1.52. The van der Waals surface area contributed by atoms with Crippen LogP contribution in [0.5, 0.6) is 11.5 Å². The van der Waals surface area contributed by atoms with Crippen molar-refractivity contribution in [3.05, 3.63) is 46.2 Å². The van der Waals surface area contributed by atoms with E-state index >= 15 is 0 Å². The topological polar surface area (TPSA) is 58.1 Å². The van der Waals surface area contributed by atoms with Crippen LogP contribution in [0.4, 0.5) is 0 Å². The molecule has 2 atom stereocenters. The van der Waals surface area contributed by atoms with Crippen LogP contribution in [0.15, 0.2) is 40.7 Å². The number of thiophene rings is 1. The Balaban J connectivity index is 0.00000341. The summed E-state index contributed by atoms with van der Waals surface area (Å²) in [7, 11) is 7.45. The van der Waals surface area contributed by atoms with Crippen LogP contribution in [0.3, 0.4) is 0 Å². The molecule has 3 rings (SSSR count). The number of rotatable bonds is 8. The van der Waals surface area contributed by atoms with Gasteiger partial charge in [-0.25, -0.2) is 0 Å². The molecule has 6 nitrogen and oxygen atoms in total. The van der Waals surface area contributed by atoms with Crippen LogP contribution in [0, 0.1) is 5.92 Å². The highest BCUT2D eigenvalue weighted by molar-refractivity contribution is 14.0. The standard InChI is InChI=1S/C23H34N4O2S.HI/c1-24-23(25-12-11-17-15-19(28-3)9-10-20(17)29-4)26-16-18-7-5-13-27(2)22(18)21-8-6-14-30-21;/h6,8-10,14-15,18,22H,5,7,11-13,16H2,1-4H3,(H2,24,25,26);1H. The third kappa shape index (κ3) is 6.98. The normalized spacial score (nSPS) is 19.4. The second-order valence-electron chi connectivity index (χ2n) is 7.65. The lowest BCUT2D eigenvalue weighted by Crippen LogP contribution is -2.45. The largest absolute Gasteiger partial charge is 0.497 e. The van der Waals surface area contributed by atoms with Crippen molar-refractivity contribution < 1.29 is 9.47 Å². The first-order valence-corrected chi connectivity index (χ1v) is 11.4. The smallest absolute Gasteiger partial charge is 0.190 e. The summed E-state index contributed by atoms with van der Waals surface area (Å²) in [5, 5.41) is 9.16. The van der Waals surface area contributed by atoms with Gasteiger partial charge in [0.1, 0.15) is 11.5 Å². The van der Waals surface area contributed by atoms with Crippen LogP contribution in [0.2, 0.25) is 0 Å². The molecule has 1 aromatic heterocycles. The van der Waals surface area contributed by atoms with E-state index in [2.05, 4.69) is 45.1 Å². The first kappa shape index (κ1) is 25.7. The molecule has 1 fully saturated rings. The van der Waals surface area contributed by atoms with Crippen molar-refractivity contribution in [3.63, 3.8) is 0 Å². The number of methoxy groups -OCH3 is 2. The number of halogens is 1. The zero-order valence-electron chi connectivity index (χ0n) is 18.9. The number of piperidine rings is 1. The lowest BCUT2D eigenvalue weighted by molar-refractivity contribution is 0.125. The molecule has 1 aliphatic heterocycles. The van der Waals surface area contributed by atoms with E-state index in [1.165, 1.54) is 17.7 Å². The summed E-state index contributed by atoms with van der Waals surface area (Å²) in [6.07, 6.45) is 3.30. The Morgan fingerprint density at radius 3 is 2.74 bits per heavy atom. The molecule has 0 spiro atoms. The van der Waals surface area contributed by atoms with Crippen molar-refractivity contribution in [2.24, 2.45) is 10.9 Å². The predicted octanol–water partition coefficient (Wildman–Crippen LogP) is 4.17. The molecule has 0 bridgehead atoms. The van der Waals surface area contributed by atoms with Crippen molar-refractivity contribution in [1.29, 1.82) is 0 Å². The molecule has 31 heavy (non-hydrogen) atoms. The molecule has 2 aromatic rings. The van der Waals surface area contributed by atoms with E-state index in [1.54, 1.807) is 14.2 Å². The van der Waals surface area contributed by atoms with Crippen LogP contribution >= 0.6 is 35.3 Å². The maximum Gasteiger partial charge on any atom is 0.190 e. The molecular formula is C23H35IN4O2S. The van der Waals surface area contributed by atoms with Crippen molar-refractivity contribution in [2.45, 2.75) is 25.3 Å². The quantitative estimate of drug-likeness (QED) is 0.290. The van der Waals surface area contributed by atoms with E-state index in [-0.39, 0.29) is 24.0 Å². The number of hydrogen-bond acceptors (Lipinski definition) is 5. The Bertz CT molecular complexity index is 816. The SMILES string of the molecule is CN=C(NCCc1cc(OC)ccc1OC)NCC1CCCN(C)C1c1cccs1.I. The van der Waals surface area contributed by atoms with E-state index in [0.29, 0.717) is 12.0 Å². The van der Waals surface area contributed by atoms with Gasteiger partial charge in [0.05, 0.1) is 14.2 Å². The second-order valence-corrected chi connectivity index (χ2v) is 8.63. The summed E-state index contributed by atoms with van der Waals surface area (Å²) in [4.78, 5) is 8.36. The van der Waals surface area contributed by atoms with Gasteiger partial charge >= 0.3 is 0 Å². The maximum atomic E-state index is 5.48. The van der Waals surface area contributed by atoms with Crippen LogP contribution in [-0.4, -0.2) is 58.8 Å². The molecule has 8 heteroatoms. The van der Waals surface area contributed by atoms with Crippen molar-refractivity contribution in [3.8, 4) is 11.5 Å². The van der Waals surface area contributed by atoms with Crippen LogP contribution < -0.4 is 20.1 Å². The number of aliphatic imine (C=N–C) groups is 1. The number of benzene rings is 1. The van der Waals surface area contributed by atoms with Crippen LogP contribution in [-0.2, 0) is 6.42 Å². The van der Waals surface area contributed by atoms with E-state index in [0.717, 1.165) is 49.1 Å². The third-order valence-corrected chi connectivity index (χ3v) is 6.71. The highest BCUT2D eigenvalue weighted by Crippen LogP contribution is 2.36. The lowest BCUT2D eigenvalue weighted by atomic mass is 9.88. The van der Waals surface area contributed by atoms with Gasteiger partial charge in [0.2, 0.25) is 0 Å². The average molecular weight is 559 g/mol. The van der Waals surface area contributed by atoms with Crippen LogP contribution in [0.1, 0.15) is 29.3 Å². The lowest BCUT2D eigenvalue weighted by Gasteiger charge is -2.39. The monoisotopic (exact) mass is 558 g/mol. The van der Waals surface area contributed by atoms with Gasteiger partial charge in [-0.05, 0) is 74.0 Å². The second kappa shape index (κ2) is 13.1. The first-order valence-electron chi connectivity index (χ1n) is 10.5. The molecular weight excluding hydrogens is 523 g/mol. The molecule has 0 saturated carbocycles. The Kier molecular flexibility index (Phi) is 10.9. The van der Waals surface area contributed by atoms with Gasteiger partial charge in [0, 0.05) is 31.1 Å². The number of likely N-dealkylation sites (tertiary alicyclic amines) is 1. The molecule has 1 aliphatic rings. The number of ether oxygens (including phenoxy) is 2. The minimum atomic E-state index is 0. The molecule has 0 radical (unpaired) electrons. The fraction of sp³-hybridized carbons (Fsp3) is 0.522. The number of nitrogens with one attached hydrogen (secondary N) is 2. The zero-order valence-corrected chi connectivity index (χ0v) is 22.0. The molecule has 2 heterocycles. The van der Waals surface area contributed by atoms with Gasteiger partial charge in [0.15, 0.2) is 5.96 Å². The van der Waals surface area contributed by atoms with Gasteiger partial charge in [-0.2, -0.15) is 0 Å². The molecule has 2 N–H and O–H groups in total. The number of guanidine groups is 1. The fourth-order valence-corrected chi connectivity index (χ4v) is 5.21. The molecule has 1 aromatic carbocycles. The summed E-state index contributed by atoms with van der Waals surface area (Å²) in [5.41, 5.74) is 1.12. The molecule has 172 valence electrons. The highest BCUT2D eigenvalue weighted by Gasteiger charge is 2.31. The zero-order chi connectivity index (χ0) is 21.3. The van der Waals surface area contributed by atoms with Gasteiger partial charge in [-0.1, -0.05) is 6.07 Å². The summed E-state index contributed by atoms with van der Waals surface area (Å²) >= 11 is 1.86. The van der Waals surface area contributed by atoms with Crippen LogP contribution in [0.25, 0.3) is 0 Å². The van der Waals surface area contributed by atoms with E-state index in [1.807, 2.05) is 36.6 Å². The maximum absolute atomic E-state index is 5.48. The molecule has 0 amide bonds. The molecule has 0 aliphatic carbocycles. The van der Waals surface area contributed by atoms with Crippen molar-refractivity contribution in [1.82, 2.24) is 15.5 Å². The Morgan fingerprint density at radius 2 is 2.06 bits per heavy atom. The molecule has 1 saturated heterocycles. The first-order chi connectivity index (χ1) is 14.7. The van der Waals surface area contributed by atoms with Crippen molar-refractivity contribution in [2.75, 3.05) is 47.9 Å². The van der Waals surface area contributed by atoms with Gasteiger partial charge < -0.3 is 20.1 Å². The van der Waals surface area contributed by atoms with E-state index in [9.17, 15) is 0 Å². The minimum absolute atomic E-state index is 0. The summed E-state index contributed by atoms with van der Waals surface area (Å²) in [6.45, 7) is 2.84. The van der Waals surface area contributed by atoms with Gasteiger partial charge in [-0.15, -0.1) is 35.3 Å². The summed E-state index contributed by atoms with van der Waals surface area (Å²) in [5.74, 6) is 3.13. The Morgan fingerprint density at radius 1 is 1.23 bits per heavy atom. The summed E-state index contributed by atoms with van der Waals surface area (Å²) < 4.78 is 10.8. The fourth-order valence-electron chi connectivity index (χ4n) is 4.22. The number of hydrogen-bond donors (Lipinski definition) is 2. The highest BCUT2D eigenvalue weighted by atomic mass is 127. The predicted molar refractivity (Wildman–Crippen MR) is 140 cm³/mol. The number of nitrogens with zero attached hydrogens (tertiary/aromatic N) is 2. The van der Waals surface area contributed by atoms with E-state index < -0.39 is 0 Å². The van der Waals surface area contributed by atoms with Crippen molar-refractivity contribution >= 4 is 41.3 Å².